The maximum Gasteiger partial charge on any atom is 0.341 e. The molecule has 0 spiro atoms. The van der Waals surface area contributed by atoms with Crippen molar-refractivity contribution >= 4 is 0 Å². The summed E-state index contributed by atoms with van der Waals surface area (Å²) in [6.07, 6.45) is 0.988. The molecule has 1 N–H and O–H groups in total. The van der Waals surface area contributed by atoms with Gasteiger partial charge in [0.15, 0.2) is 11.5 Å². The summed E-state index contributed by atoms with van der Waals surface area (Å²) in [5.74, 6) is 2.57. The van der Waals surface area contributed by atoms with Crippen LogP contribution in [0.3, 0.4) is 0 Å². The van der Waals surface area contributed by atoms with Crippen molar-refractivity contribution in [2.45, 2.75) is 44.6 Å². The molecule has 0 aliphatic carbocycles. The lowest BCUT2D eigenvalue weighted by atomic mass is 10.1. The van der Waals surface area contributed by atoms with Gasteiger partial charge in [-0.2, -0.15) is 4.68 Å². The van der Waals surface area contributed by atoms with Crippen LogP contribution in [0, 0.1) is 5.92 Å². The van der Waals surface area contributed by atoms with E-state index in [9.17, 15) is 0 Å². The van der Waals surface area contributed by atoms with Crippen LogP contribution in [0.5, 0.6) is 23.3 Å². The summed E-state index contributed by atoms with van der Waals surface area (Å²) in [6, 6.07) is 5.68. The average Bonchev–Trinajstić information content (AvgIpc) is 3.46. The first-order chi connectivity index (χ1) is 14.2. The van der Waals surface area contributed by atoms with E-state index in [0.717, 1.165) is 13.0 Å². The van der Waals surface area contributed by atoms with E-state index in [2.05, 4.69) is 34.7 Å². The highest BCUT2D eigenvalue weighted by atomic mass is 16.7. The Kier molecular flexibility index (Phi) is 4.98. The van der Waals surface area contributed by atoms with Gasteiger partial charge in [0.1, 0.15) is 24.0 Å². The molecule has 4 heterocycles. The molecule has 2 fully saturated rings. The van der Waals surface area contributed by atoms with Crippen LogP contribution in [0.4, 0.5) is 0 Å². The second-order valence-electron chi connectivity index (χ2n) is 7.93. The fraction of sp³-hybridized carbons (Fsp3) is 0.632. The van der Waals surface area contributed by atoms with E-state index in [-0.39, 0.29) is 37.1 Å². The second kappa shape index (κ2) is 7.77. The summed E-state index contributed by atoms with van der Waals surface area (Å²) in [7, 11) is 0. The predicted molar refractivity (Wildman–Crippen MR) is 100 cm³/mol. The molecular formula is C19H25N5O5. The minimum Gasteiger partial charge on any atom is -0.454 e. The number of fused-ring (bicyclic) bond motifs is 2. The van der Waals surface area contributed by atoms with Crippen LogP contribution in [-0.4, -0.2) is 65.0 Å². The molecule has 10 nitrogen and oxygen atoms in total. The van der Waals surface area contributed by atoms with Crippen LogP contribution in [0.1, 0.15) is 26.3 Å². The first kappa shape index (κ1) is 18.6. The predicted octanol–water partition coefficient (Wildman–Crippen LogP) is 1.54. The number of nitrogens with zero attached hydrogens (tertiary/aromatic N) is 4. The molecule has 3 aliphatic heterocycles. The van der Waals surface area contributed by atoms with Gasteiger partial charge in [0.05, 0.1) is 19.3 Å². The molecule has 0 saturated carbocycles. The molecule has 1 aromatic carbocycles. The first-order valence-electron chi connectivity index (χ1n) is 10.0. The standard InChI is InChI=1S/C19H25N5O5/c1-11(2)5-6-20-13-8-25-18-14(9-26-17(13)18)24-19(21-22-23-24)29-12-3-4-15-16(7-12)28-10-27-15/h3-4,7,11,13-14,17-18,20H,5-6,8-10H2,1-2H3/t13-,14+,17-,18+/m1/s1. The van der Waals surface area contributed by atoms with Crippen molar-refractivity contribution in [3.05, 3.63) is 18.2 Å². The van der Waals surface area contributed by atoms with Crippen LogP contribution < -0.4 is 19.5 Å². The fourth-order valence-electron chi connectivity index (χ4n) is 3.93. The molecule has 1 aromatic heterocycles. The van der Waals surface area contributed by atoms with Crippen molar-refractivity contribution in [2.75, 3.05) is 26.6 Å². The van der Waals surface area contributed by atoms with Crippen LogP contribution >= 0.6 is 0 Å². The maximum absolute atomic E-state index is 6.05. The molecule has 3 aliphatic rings. The zero-order chi connectivity index (χ0) is 19.8. The molecule has 0 bridgehead atoms. The van der Waals surface area contributed by atoms with E-state index < -0.39 is 0 Å². The molecule has 10 heteroatoms. The second-order valence-corrected chi connectivity index (χ2v) is 7.93. The fourth-order valence-corrected chi connectivity index (χ4v) is 3.93. The van der Waals surface area contributed by atoms with Gasteiger partial charge in [0.25, 0.3) is 0 Å². The molecular weight excluding hydrogens is 378 g/mol. The number of tetrazole rings is 1. The molecule has 4 atom stereocenters. The van der Waals surface area contributed by atoms with Gasteiger partial charge in [-0.15, -0.1) is 0 Å². The van der Waals surface area contributed by atoms with Gasteiger partial charge in [-0.3, -0.25) is 0 Å². The number of benzene rings is 1. The monoisotopic (exact) mass is 403 g/mol. The zero-order valence-electron chi connectivity index (χ0n) is 16.5. The Balaban J connectivity index is 1.27. The van der Waals surface area contributed by atoms with Crippen molar-refractivity contribution in [1.82, 2.24) is 25.5 Å². The Morgan fingerprint density at radius 2 is 2.03 bits per heavy atom. The number of aromatic nitrogens is 4. The van der Waals surface area contributed by atoms with Gasteiger partial charge in [0, 0.05) is 6.07 Å². The largest absolute Gasteiger partial charge is 0.454 e. The van der Waals surface area contributed by atoms with Crippen molar-refractivity contribution in [1.29, 1.82) is 0 Å². The lowest BCUT2D eigenvalue weighted by Gasteiger charge is -2.18. The summed E-state index contributed by atoms with van der Waals surface area (Å²) < 4.78 is 30.4. The lowest BCUT2D eigenvalue weighted by molar-refractivity contribution is 0.0611. The maximum atomic E-state index is 6.05. The van der Waals surface area contributed by atoms with Gasteiger partial charge in [-0.1, -0.05) is 18.9 Å². The number of ether oxygens (including phenoxy) is 5. The summed E-state index contributed by atoms with van der Waals surface area (Å²) in [5.41, 5.74) is 0. The number of hydrogen-bond donors (Lipinski definition) is 1. The number of hydrogen-bond acceptors (Lipinski definition) is 9. The molecule has 0 radical (unpaired) electrons. The smallest absolute Gasteiger partial charge is 0.341 e. The third-order valence-corrected chi connectivity index (χ3v) is 5.49. The van der Waals surface area contributed by atoms with E-state index in [1.165, 1.54) is 0 Å². The highest BCUT2D eigenvalue weighted by molar-refractivity contribution is 5.47. The van der Waals surface area contributed by atoms with E-state index in [1.807, 2.05) is 0 Å². The minimum atomic E-state index is -0.143. The molecule has 29 heavy (non-hydrogen) atoms. The lowest BCUT2D eigenvalue weighted by Crippen LogP contribution is -2.41. The first-order valence-corrected chi connectivity index (χ1v) is 10.0. The summed E-state index contributed by atoms with van der Waals surface area (Å²) in [5, 5.41) is 15.5. The normalized spacial score (nSPS) is 27.6. The van der Waals surface area contributed by atoms with Gasteiger partial charge in [0.2, 0.25) is 6.79 Å². The van der Waals surface area contributed by atoms with Gasteiger partial charge < -0.3 is 29.0 Å². The van der Waals surface area contributed by atoms with Crippen molar-refractivity contribution in [3.8, 4) is 23.3 Å². The van der Waals surface area contributed by atoms with E-state index in [4.69, 9.17) is 23.7 Å². The van der Waals surface area contributed by atoms with Crippen molar-refractivity contribution in [2.24, 2.45) is 5.92 Å². The van der Waals surface area contributed by atoms with Crippen LogP contribution in [0.15, 0.2) is 18.2 Å². The van der Waals surface area contributed by atoms with Crippen molar-refractivity contribution in [3.63, 3.8) is 0 Å². The Labute approximate surface area is 168 Å². The molecule has 2 saturated heterocycles. The highest BCUT2D eigenvalue weighted by Gasteiger charge is 2.49. The van der Waals surface area contributed by atoms with Crippen LogP contribution in [-0.2, 0) is 9.47 Å². The molecule has 0 unspecified atom stereocenters. The summed E-state index contributed by atoms with van der Waals surface area (Å²) in [4.78, 5) is 0. The summed E-state index contributed by atoms with van der Waals surface area (Å²) in [6.45, 7) is 6.69. The third-order valence-electron chi connectivity index (χ3n) is 5.49. The molecule has 2 aromatic rings. The average molecular weight is 403 g/mol. The Morgan fingerprint density at radius 1 is 1.17 bits per heavy atom. The van der Waals surface area contributed by atoms with E-state index in [1.54, 1.807) is 22.9 Å². The number of rotatable bonds is 7. The van der Waals surface area contributed by atoms with E-state index in [0.29, 0.717) is 36.4 Å². The zero-order valence-corrected chi connectivity index (χ0v) is 16.5. The topological polar surface area (TPSA) is 102 Å². The summed E-state index contributed by atoms with van der Waals surface area (Å²) >= 11 is 0. The minimum absolute atomic E-state index is 0.0187. The van der Waals surface area contributed by atoms with Gasteiger partial charge in [-0.05, 0) is 41.4 Å². The van der Waals surface area contributed by atoms with Gasteiger partial charge in [-0.25, -0.2) is 0 Å². The van der Waals surface area contributed by atoms with Crippen LogP contribution in [0.2, 0.25) is 0 Å². The van der Waals surface area contributed by atoms with E-state index >= 15 is 0 Å². The highest BCUT2D eigenvalue weighted by Crippen LogP contribution is 2.38. The number of nitrogens with one attached hydrogen (secondary N) is 1. The van der Waals surface area contributed by atoms with Crippen molar-refractivity contribution < 1.29 is 23.7 Å². The molecule has 5 rings (SSSR count). The Hall–Kier alpha value is -2.43. The molecule has 0 amide bonds. The molecule has 156 valence electrons. The van der Waals surface area contributed by atoms with Gasteiger partial charge >= 0.3 is 6.01 Å². The Bertz CT molecular complexity index is 859. The third kappa shape index (κ3) is 3.63. The Morgan fingerprint density at radius 3 is 2.93 bits per heavy atom. The van der Waals surface area contributed by atoms with Crippen LogP contribution in [0.25, 0.3) is 0 Å². The SMILES string of the molecule is CC(C)CCN[C@@H]1CO[C@@H]2[C@@H]1OC[C@@H]2n1nnnc1Oc1ccc2c(c1)OCO2. The quantitative estimate of drug-likeness (QED) is 0.737.